The topological polar surface area (TPSA) is 52.7 Å². The van der Waals surface area contributed by atoms with Crippen molar-refractivity contribution in [2.24, 2.45) is 0 Å². The Labute approximate surface area is 137 Å². The van der Waals surface area contributed by atoms with E-state index in [2.05, 4.69) is 5.32 Å². The van der Waals surface area contributed by atoms with E-state index in [9.17, 15) is 9.59 Å². The smallest absolute Gasteiger partial charge is 0.222 e. The fraction of sp³-hybridized carbons (Fsp3) is 0.500. The first kappa shape index (κ1) is 18.5. The van der Waals surface area contributed by atoms with Crippen molar-refractivity contribution in [3.05, 3.63) is 34.9 Å². The third kappa shape index (κ3) is 6.91. The second kappa shape index (κ2) is 9.43. The van der Waals surface area contributed by atoms with E-state index in [1.54, 1.807) is 11.0 Å². The molecule has 6 heteroatoms. The Balaban J connectivity index is 2.37. The first-order chi connectivity index (χ1) is 10.4. The molecule has 0 aliphatic rings. The van der Waals surface area contributed by atoms with Gasteiger partial charge in [0.15, 0.2) is 0 Å². The Kier molecular flexibility index (Phi) is 7.91. The number of hydrogen-bond acceptors (Lipinski definition) is 3. The summed E-state index contributed by atoms with van der Waals surface area (Å²) in [5.41, 5.74) is 0.883. The van der Waals surface area contributed by atoms with E-state index in [1.807, 2.05) is 37.2 Å². The van der Waals surface area contributed by atoms with Crippen molar-refractivity contribution < 1.29 is 9.59 Å². The minimum Gasteiger partial charge on any atom is -0.352 e. The van der Waals surface area contributed by atoms with Gasteiger partial charge in [0.25, 0.3) is 0 Å². The molecule has 1 rings (SSSR count). The van der Waals surface area contributed by atoms with E-state index >= 15 is 0 Å². The first-order valence-corrected chi connectivity index (χ1v) is 7.68. The Morgan fingerprint density at radius 2 is 1.82 bits per heavy atom. The Morgan fingerprint density at radius 3 is 2.41 bits per heavy atom. The van der Waals surface area contributed by atoms with Crippen molar-refractivity contribution in [1.82, 2.24) is 15.1 Å². The van der Waals surface area contributed by atoms with Crippen molar-refractivity contribution >= 4 is 23.4 Å². The molecule has 0 aliphatic carbocycles. The van der Waals surface area contributed by atoms with Gasteiger partial charge in [-0.25, -0.2) is 0 Å². The summed E-state index contributed by atoms with van der Waals surface area (Å²) >= 11 is 6.04. The molecular weight excluding hydrogens is 302 g/mol. The third-order valence-electron chi connectivity index (χ3n) is 3.31. The zero-order valence-electron chi connectivity index (χ0n) is 13.4. The third-order valence-corrected chi connectivity index (χ3v) is 3.67. The molecule has 1 N–H and O–H groups in total. The van der Waals surface area contributed by atoms with Gasteiger partial charge < -0.3 is 15.1 Å². The largest absolute Gasteiger partial charge is 0.352 e. The highest BCUT2D eigenvalue weighted by atomic mass is 35.5. The fourth-order valence-corrected chi connectivity index (χ4v) is 2.11. The maximum Gasteiger partial charge on any atom is 0.222 e. The molecule has 22 heavy (non-hydrogen) atoms. The lowest BCUT2D eigenvalue weighted by atomic mass is 10.2. The lowest BCUT2D eigenvalue weighted by molar-refractivity contribution is -0.129. The van der Waals surface area contributed by atoms with Gasteiger partial charge in [-0.3, -0.25) is 9.59 Å². The van der Waals surface area contributed by atoms with Crippen molar-refractivity contribution in [2.45, 2.75) is 19.9 Å². The highest BCUT2D eigenvalue weighted by Crippen LogP contribution is 2.14. The molecule has 0 spiro atoms. The number of carbonyl (C=O) groups is 2. The number of halogens is 1. The van der Waals surface area contributed by atoms with Gasteiger partial charge in [-0.2, -0.15) is 0 Å². The molecular formula is C16H24ClN3O2. The quantitative estimate of drug-likeness (QED) is 0.792. The molecule has 122 valence electrons. The van der Waals surface area contributed by atoms with Gasteiger partial charge >= 0.3 is 0 Å². The van der Waals surface area contributed by atoms with Crippen LogP contribution < -0.4 is 5.32 Å². The van der Waals surface area contributed by atoms with Gasteiger partial charge in [-0.1, -0.05) is 29.8 Å². The summed E-state index contributed by atoms with van der Waals surface area (Å²) in [6, 6.07) is 7.40. The number of rotatable bonds is 8. The molecule has 1 aromatic carbocycles. The van der Waals surface area contributed by atoms with Crippen molar-refractivity contribution in [1.29, 1.82) is 0 Å². The van der Waals surface area contributed by atoms with Crippen molar-refractivity contribution in [3.63, 3.8) is 0 Å². The predicted molar refractivity (Wildman–Crippen MR) is 88.7 cm³/mol. The minimum atomic E-state index is -0.0870. The molecule has 1 aromatic rings. The molecule has 0 aromatic heterocycles. The van der Waals surface area contributed by atoms with Gasteiger partial charge in [0.2, 0.25) is 11.8 Å². The molecule has 0 aliphatic heterocycles. The Morgan fingerprint density at radius 1 is 1.14 bits per heavy atom. The SMILES string of the molecule is CC(=O)N(CCC(=O)NCc1ccccc1Cl)CCN(C)C. The first-order valence-electron chi connectivity index (χ1n) is 7.30. The van der Waals surface area contributed by atoms with Crippen molar-refractivity contribution in [2.75, 3.05) is 33.7 Å². The summed E-state index contributed by atoms with van der Waals surface area (Å²) in [4.78, 5) is 27.1. The standard InChI is InChI=1S/C16H24ClN3O2/c1-13(21)20(11-10-19(2)3)9-8-16(22)18-12-14-6-4-5-7-15(14)17/h4-7H,8-12H2,1-3H3,(H,18,22). The second-order valence-electron chi connectivity index (χ2n) is 5.43. The number of nitrogens with zero attached hydrogens (tertiary/aromatic N) is 2. The van der Waals surface area contributed by atoms with E-state index in [4.69, 9.17) is 11.6 Å². The van der Waals surface area contributed by atoms with Crippen LogP contribution in [0.15, 0.2) is 24.3 Å². The van der Waals surface area contributed by atoms with Crippen molar-refractivity contribution in [3.8, 4) is 0 Å². The van der Waals surface area contributed by atoms with E-state index in [-0.39, 0.29) is 18.2 Å². The average molecular weight is 326 g/mol. The molecule has 0 unspecified atom stereocenters. The zero-order chi connectivity index (χ0) is 16.5. The van der Waals surface area contributed by atoms with E-state index in [0.29, 0.717) is 24.7 Å². The highest BCUT2D eigenvalue weighted by molar-refractivity contribution is 6.31. The van der Waals surface area contributed by atoms with Gasteiger partial charge in [0.05, 0.1) is 0 Å². The molecule has 0 radical (unpaired) electrons. The molecule has 0 fully saturated rings. The van der Waals surface area contributed by atoms with Gasteiger partial charge in [0, 0.05) is 44.5 Å². The van der Waals surface area contributed by atoms with Crippen LogP contribution in [-0.4, -0.2) is 55.3 Å². The second-order valence-corrected chi connectivity index (χ2v) is 5.83. The summed E-state index contributed by atoms with van der Waals surface area (Å²) in [6.45, 7) is 3.76. The zero-order valence-corrected chi connectivity index (χ0v) is 14.2. The number of amides is 2. The molecule has 0 bridgehead atoms. The number of hydrogen-bond donors (Lipinski definition) is 1. The van der Waals surface area contributed by atoms with Crippen LogP contribution in [0.1, 0.15) is 18.9 Å². The van der Waals surface area contributed by atoms with Gasteiger partial charge in [0.1, 0.15) is 0 Å². The van der Waals surface area contributed by atoms with Crippen LogP contribution >= 0.6 is 11.6 Å². The normalized spacial score (nSPS) is 10.6. The van der Waals surface area contributed by atoms with Crippen LogP contribution in [0, 0.1) is 0 Å². The van der Waals surface area contributed by atoms with Crippen LogP contribution in [-0.2, 0) is 16.1 Å². The summed E-state index contributed by atoms with van der Waals surface area (Å²) < 4.78 is 0. The summed E-state index contributed by atoms with van der Waals surface area (Å²) in [5, 5.41) is 3.47. The summed E-state index contributed by atoms with van der Waals surface area (Å²) in [7, 11) is 3.91. The number of likely N-dealkylation sites (N-methyl/N-ethyl adjacent to an activating group) is 1. The number of benzene rings is 1. The summed E-state index contributed by atoms with van der Waals surface area (Å²) in [5.74, 6) is -0.100. The van der Waals surface area contributed by atoms with E-state index in [0.717, 1.165) is 12.1 Å². The number of nitrogens with one attached hydrogen (secondary N) is 1. The van der Waals surface area contributed by atoms with Crippen LogP contribution in [0.2, 0.25) is 5.02 Å². The lowest BCUT2D eigenvalue weighted by Gasteiger charge is -2.22. The predicted octanol–water partition coefficient (Wildman–Crippen LogP) is 1.76. The highest BCUT2D eigenvalue weighted by Gasteiger charge is 2.11. The van der Waals surface area contributed by atoms with Crippen LogP contribution in [0.5, 0.6) is 0 Å². The molecule has 2 amide bonds. The molecule has 0 saturated carbocycles. The Bertz CT molecular complexity index is 506. The lowest BCUT2D eigenvalue weighted by Crippen LogP contribution is -2.38. The van der Waals surface area contributed by atoms with Crippen LogP contribution in [0.4, 0.5) is 0 Å². The maximum absolute atomic E-state index is 11.9. The molecule has 5 nitrogen and oxygen atoms in total. The van der Waals surface area contributed by atoms with Gasteiger partial charge in [-0.15, -0.1) is 0 Å². The Hall–Kier alpha value is -1.59. The van der Waals surface area contributed by atoms with Gasteiger partial charge in [-0.05, 0) is 25.7 Å². The average Bonchev–Trinajstić information content (AvgIpc) is 2.45. The fourth-order valence-electron chi connectivity index (χ4n) is 1.91. The number of carbonyl (C=O) groups excluding carboxylic acids is 2. The summed E-state index contributed by atoms with van der Waals surface area (Å²) in [6.07, 6.45) is 0.289. The van der Waals surface area contributed by atoms with E-state index < -0.39 is 0 Å². The van der Waals surface area contributed by atoms with Crippen LogP contribution in [0.3, 0.4) is 0 Å². The minimum absolute atomic E-state index is 0.0132. The van der Waals surface area contributed by atoms with E-state index in [1.165, 1.54) is 6.92 Å². The monoisotopic (exact) mass is 325 g/mol. The maximum atomic E-state index is 11.9. The molecule has 0 atom stereocenters. The molecule has 0 saturated heterocycles. The van der Waals surface area contributed by atoms with Crippen LogP contribution in [0.25, 0.3) is 0 Å². The molecule has 0 heterocycles.